The lowest BCUT2D eigenvalue weighted by Crippen LogP contribution is -2.44. The van der Waals surface area contributed by atoms with Gasteiger partial charge < -0.3 is 21.1 Å². The number of anilines is 2. The average molecular weight is 340 g/mol. The fraction of sp³-hybridized carbons (Fsp3) is 0.400. The Morgan fingerprint density at radius 3 is 2.24 bits per heavy atom. The highest BCUT2D eigenvalue weighted by atomic mass is 16.5. The molecule has 0 aromatic heterocycles. The van der Waals surface area contributed by atoms with E-state index in [0.717, 1.165) is 62.9 Å². The highest BCUT2D eigenvalue weighted by molar-refractivity contribution is 5.60. The molecular formula is C20H28N4O. The van der Waals surface area contributed by atoms with Crippen LogP contribution in [0.5, 0.6) is 5.75 Å². The molecule has 0 spiro atoms. The Bertz CT molecular complexity index is 621. The number of hydrogen-bond acceptors (Lipinski definition) is 5. The van der Waals surface area contributed by atoms with Gasteiger partial charge >= 0.3 is 0 Å². The summed E-state index contributed by atoms with van der Waals surface area (Å²) in [6.07, 6.45) is 0.917. The maximum atomic E-state index is 5.85. The normalized spacial score (nSPS) is 15.1. The summed E-state index contributed by atoms with van der Waals surface area (Å²) in [5, 5.41) is 6.77. The Hall–Kier alpha value is -2.08. The summed E-state index contributed by atoms with van der Waals surface area (Å²) < 4.78 is 5.85. The van der Waals surface area contributed by atoms with E-state index in [1.807, 2.05) is 24.3 Å². The Kier molecular flexibility index (Phi) is 6.68. The largest absolute Gasteiger partial charge is 0.492 e. The van der Waals surface area contributed by atoms with Gasteiger partial charge in [-0.15, -0.1) is 0 Å². The van der Waals surface area contributed by atoms with Crippen molar-refractivity contribution in [2.24, 2.45) is 5.73 Å². The van der Waals surface area contributed by atoms with Crippen molar-refractivity contribution in [2.75, 3.05) is 51.2 Å². The summed E-state index contributed by atoms with van der Waals surface area (Å²) in [7, 11) is 0. The van der Waals surface area contributed by atoms with E-state index in [-0.39, 0.29) is 0 Å². The topological polar surface area (TPSA) is 62.6 Å². The van der Waals surface area contributed by atoms with Gasteiger partial charge in [0.05, 0.1) is 0 Å². The van der Waals surface area contributed by atoms with Crippen molar-refractivity contribution in [3.8, 4) is 5.75 Å². The quantitative estimate of drug-likeness (QED) is 0.688. The average Bonchev–Trinajstić information content (AvgIpc) is 2.66. The van der Waals surface area contributed by atoms with E-state index in [9.17, 15) is 0 Å². The van der Waals surface area contributed by atoms with Gasteiger partial charge in [-0.2, -0.15) is 0 Å². The van der Waals surface area contributed by atoms with Crippen molar-refractivity contribution < 1.29 is 4.74 Å². The Labute approximate surface area is 150 Å². The summed E-state index contributed by atoms with van der Waals surface area (Å²) in [6.45, 7) is 6.77. The molecule has 0 unspecified atom stereocenters. The fourth-order valence-electron chi connectivity index (χ4n) is 2.95. The molecule has 0 atom stereocenters. The first kappa shape index (κ1) is 17.7. The van der Waals surface area contributed by atoms with E-state index in [4.69, 9.17) is 10.5 Å². The van der Waals surface area contributed by atoms with Crippen molar-refractivity contribution in [2.45, 2.75) is 6.42 Å². The molecule has 4 N–H and O–H groups in total. The van der Waals surface area contributed by atoms with Gasteiger partial charge in [0.15, 0.2) is 0 Å². The number of piperazine rings is 1. The molecule has 2 aromatic carbocycles. The molecule has 1 aliphatic rings. The second-order valence-electron chi connectivity index (χ2n) is 6.33. The number of nitrogens with one attached hydrogen (secondary N) is 2. The zero-order chi connectivity index (χ0) is 17.3. The van der Waals surface area contributed by atoms with Crippen molar-refractivity contribution in [1.82, 2.24) is 10.2 Å². The van der Waals surface area contributed by atoms with Gasteiger partial charge in [0.25, 0.3) is 0 Å². The first-order valence-corrected chi connectivity index (χ1v) is 9.05. The maximum absolute atomic E-state index is 5.85. The van der Waals surface area contributed by atoms with Gasteiger partial charge in [-0.25, -0.2) is 0 Å². The third-order valence-corrected chi connectivity index (χ3v) is 4.42. The minimum atomic E-state index is 0.683. The molecular weight excluding hydrogens is 312 g/mol. The van der Waals surface area contributed by atoms with Crippen molar-refractivity contribution >= 4 is 11.4 Å². The Balaban J connectivity index is 1.44. The molecule has 0 radical (unpaired) electrons. The minimum Gasteiger partial charge on any atom is -0.492 e. The smallest absolute Gasteiger partial charge is 0.119 e. The predicted molar refractivity (Wildman–Crippen MR) is 104 cm³/mol. The van der Waals surface area contributed by atoms with Crippen molar-refractivity contribution in [1.29, 1.82) is 0 Å². The van der Waals surface area contributed by atoms with Gasteiger partial charge in [-0.05, 0) is 54.9 Å². The second-order valence-corrected chi connectivity index (χ2v) is 6.33. The van der Waals surface area contributed by atoms with Crippen LogP contribution in [-0.2, 0) is 6.42 Å². The molecule has 1 fully saturated rings. The van der Waals surface area contributed by atoms with E-state index in [1.54, 1.807) is 0 Å². The minimum absolute atomic E-state index is 0.683. The van der Waals surface area contributed by atoms with E-state index in [0.29, 0.717) is 6.54 Å². The molecule has 0 amide bonds. The van der Waals surface area contributed by atoms with E-state index in [1.165, 1.54) is 5.56 Å². The van der Waals surface area contributed by atoms with Crippen LogP contribution >= 0.6 is 0 Å². The summed E-state index contributed by atoms with van der Waals surface area (Å²) in [4.78, 5) is 2.43. The molecule has 134 valence electrons. The molecule has 0 saturated carbocycles. The monoisotopic (exact) mass is 340 g/mol. The number of nitrogens with zero attached hydrogens (tertiary/aromatic N) is 1. The molecule has 25 heavy (non-hydrogen) atoms. The van der Waals surface area contributed by atoms with Crippen LogP contribution in [0.15, 0.2) is 48.5 Å². The predicted octanol–water partition coefficient (Wildman–Crippen LogP) is 2.22. The Morgan fingerprint density at radius 1 is 0.960 bits per heavy atom. The molecule has 1 saturated heterocycles. The third-order valence-electron chi connectivity index (χ3n) is 4.42. The molecule has 0 aliphatic carbocycles. The molecule has 5 nitrogen and oxygen atoms in total. The van der Waals surface area contributed by atoms with Crippen molar-refractivity contribution in [3.63, 3.8) is 0 Å². The zero-order valence-electron chi connectivity index (χ0n) is 14.7. The summed E-state index contributed by atoms with van der Waals surface area (Å²) in [5.74, 6) is 0.916. The van der Waals surface area contributed by atoms with Gasteiger partial charge in [-0.1, -0.05) is 12.1 Å². The van der Waals surface area contributed by atoms with E-state index < -0.39 is 0 Å². The molecule has 3 rings (SSSR count). The van der Waals surface area contributed by atoms with Crippen LogP contribution < -0.4 is 21.1 Å². The number of nitrogens with two attached hydrogens (primary N) is 1. The molecule has 2 aromatic rings. The molecule has 5 heteroatoms. The molecule has 0 bridgehead atoms. The first-order chi connectivity index (χ1) is 12.3. The van der Waals surface area contributed by atoms with Crippen LogP contribution in [0.25, 0.3) is 0 Å². The molecule has 1 aliphatic heterocycles. The van der Waals surface area contributed by atoms with Gasteiger partial charge in [0.1, 0.15) is 12.4 Å². The lowest BCUT2D eigenvalue weighted by Gasteiger charge is -2.26. The highest BCUT2D eigenvalue weighted by Gasteiger charge is 2.08. The maximum Gasteiger partial charge on any atom is 0.119 e. The lowest BCUT2D eigenvalue weighted by molar-refractivity contribution is 0.191. The highest BCUT2D eigenvalue weighted by Crippen LogP contribution is 2.20. The van der Waals surface area contributed by atoms with Gasteiger partial charge in [0, 0.05) is 44.1 Å². The van der Waals surface area contributed by atoms with Crippen LogP contribution in [0, 0.1) is 0 Å². The van der Waals surface area contributed by atoms with Crippen LogP contribution in [0.1, 0.15) is 5.56 Å². The van der Waals surface area contributed by atoms with Crippen LogP contribution in [-0.4, -0.2) is 50.8 Å². The standard InChI is InChI=1S/C20H28N4O/c21-10-9-17-1-3-18(4-2-17)23-19-5-7-20(8-6-19)25-16-15-24-13-11-22-12-14-24/h1-8,22-23H,9-16,21H2. The third kappa shape index (κ3) is 5.74. The first-order valence-electron chi connectivity index (χ1n) is 9.05. The summed E-state index contributed by atoms with van der Waals surface area (Å²) >= 11 is 0. The van der Waals surface area contributed by atoms with E-state index in [2.05, 4.69) is 39.8 Å². The van der Waals surface area contributed by atoms with Crippen LogP contribution in [0.4, 0.5) is 11.4 Å². The number of ether oxygens (including phenoxy) is 1. The Morgan fingerprint density at radius 2 is 1.60 bits per heavy atom. The lowest BCUT2D eigenvalue weighted by atomic mass is 10.1. The van der Waals surface area contributed by atoms with Crippen LogP contribution in [0.2, 0.25) is 0 Å². The van der Waals surface area contributed by atoms with Crippen molar-refractivity contribution in [3.05, 3.63) is 54.1 Å². The fourth-order valence-corrected chi connectivity index (χ4v) is 2.95. The second kappa shape index (κ2) is 9.42. The van der Waals surface area contributed by atoms with Crippen LogP contribution in [0.3, 0.4) is 0 Å². The van der Waals surface area contributed by atoms with Gasteiger partial charge in [0.2, 0.25) is 0 Å². The van der Waals surface area contributed by atoms with Gasteiger partial charge in [-0.3, -0.25) is 4.90 Å². The van der Waals surface area contributed by atoms with E-state index >= 15 is 0 Å². The zero-order valence-corrected chi connectivity index (χ0v) is 14.7. The summed E-state index contributed by atoms with van der Waals surface area (Å²) in [6, 6.07) is 16.5. The number of hydrogen-bond donors (Lipinski definition) is 3. The molecule has 1 heterocycles. The summed E-state index contributed by atoms with van der Waals surface area (Å²) in [5.41, 5.74) is 8.98. The number of benzene rings is 2. The SMILES string of the molecule is NCCc1ccc(Nc2ccc(OCCN3CCNCC3)cc2)cc1. The number of rotatable bonds is 8.